The van der Waals surface area contributed by atoms with Gasteiger partial charge in [-0.15, -0.1) is 0 Å². The Morgan fingerprint density at radius 2 is 2.19 bits per heavy atom. The second-order valence-corrected chi connectivity index (χ2v) is 5.14. The van der Waals surface area contributed by atoms with Crippen LogP contribution in [0, 0.1) is 0 Å². The van der Waals surface area contributed by atoms with E-state index in [1.54, 1.807) is 6.20 Å². The Balaban J connectivity index is 2.19. The highest BCUT2D eigenvalue weighted by Gasteiger charge is 2.35. The van der Waals surface area contributed by atoms with Crippen molar-refractivity contribution in [1.29, 1.82) is 0 Å². The van der Waals surface area contributed by atoms with E-state index in [2.05, 4.69) is 4.98 Å². The molecule has 3 atom stereocenters. The molecule has 1 fully saturated rings. The number of aromatic nitrogens is 2. The van der Waals surface area contributed by atoms with Gasteiger partial charge in [-0.05, 0) is 19.3 Å². The van der Waals surface area contributed by atoms with Crippen molar-refractivity contribution in [3.05, 3.63) is 22.2 Å². The molecule has 21 heavy (non-hydrogen) atoms. The van der Waals surface area contributed by atoms with Gasteiger partial charge in [0.15, 0.2) is 0 Å². The van der Waals surface area contributed by atoms with Crippen molar-refractivity contribution in [3.63, 3.8) is 0 Å². The van der Waals surface area contributed by atoms with Gasteiger partial charge in [0.25, 0.3) is 0 Å². The van der Waals surface area contributed by atoms with Crippen LogP contribution >= 0.6 is 0 Å². The van der Waals surface area contributed by atoms with E-state index in [9.17, 15) is 9.90 Å². The fourth-order valence-electron chi connectivity index (χ4n) is 2.40. The molecule has 0 unspecified atom stereocenters. The van der Waals surface area contributed by atoms with E-state index in [1.165, 1.54) is 4.57 Å². The first-order valence-electron chi connectivity index (χ1n) is 6.99. The normalized spacial score (nSPS) is 25.4. The molecule has 0 radical (unpaired) electrons. The highest BCUT2D eigenvalue weighted by molar-refractivity contribution is 5.36. The molecule has 118 valence electrons. The Morgan fingerprint density at radius 1 is 1.43 bits per heavy atom. The number of aliphatic hydroxyl groups is 3. The number of nitrogens with zero attached hydrogens (tertiary/aromatic N) is 2. The molecular formula is C13H21N3O5. The lowest BCUT2D eigenvalue weighted by Crippen LogP contribution is -2.29. The van der Waals surface area contributed by atoms with Gasteiger partial charge in [-0.3, -0.25) is 4.57 Å². The Labute approximate surface area is 121 Å². The predicted molar refractivity (Wildman–Crippen MR) is 74.6 cm³/mol. The van der Waals surface area contributed by atoms with Crippen LogP contribution in [0.4, 0.5) is 5.82 Å². The summed E-state index contributed by atoms with van der Waals surface area (Å²) in [7, 11) is 0. The summed E-state index contributed by atoms with van der Waals surface area (Å²) >= 11 is 0. The first kappa shape index (κ1) is 15.9. The van der Waals surface area contributed by atoms with Crippen molar-refractivity contribution in [2.75, 3.05) is 18.9 Å². The lowest BCUT2D eigenvalue weighted by atomic mass is 10.1. The number of rotatable bonds is 6. The van der Waals surface area contributed by atoms with Crippen LogP contribution in [0.5, 0.6) is 0 Å². The minimum Gasteiger partial charge on any atom is -0.396 e. The maximum Gasteiger partial charge on any atom is 0.351 e. The number of nitrogen functional groups attached to an aromatic ring is 1. The predicted octanol–water partition coefficient (Wildman–Crippen LogP) is -1.22. The second kappa shape index (κ2) is 6.99. The summed E-state index contributed by atoms with van der Waals surface area (Å²) in [5.74, 6) is 0.173. The van der Waals surface area contributed by atoms with Crippen molar-refractivity contribution in [2.24, 2.45) is 0 Å². The number of hydrogen-bond donors (Lipinski definition) is 4. The van der Waals surface area contributed by atoms with Gasteiger partial charge >= 0.3 is 5.69 Å². The molecule has 1 aromatic heterocycles. The first-order valence-corrected chi connectivity index (χ1v) is 6.99. The SMILES string of the molecule is Nc1nc(=O)n([C@H]2C[C@H](O)[C@@H](CO)O2)cc1CCCCO. The molecule has 8 nitrogen and oxygen atoms in total. The summed E-state index contributed by atoms with van der Waals surface area (Å²) in [4.78, 5) is 15.7. The van der Waals surface area contributed by atoms with Crippen molar-refractivity contribution in [3.8, 4) is 0 Å². The van der Waals surface area contributed by atoms with Crippen LogP contribution in [0.15, 0.2) is 11.0 Å². The Hall–Kier alpha value is -1.48. The zero-order valence-corrected chi connectivity index (χ0v) is 11.7. The number of unbranched alkanes of at least 4 members (excludes halogenated alkanes) is 1. The maximum atomic E-state index is 11.9. The highest BCUT2D eigenvalue weighted by Crippen LogP contribution is 2.27. The van der Waals surface area contributed by atoms with Crippen LogP contribution in [0.1, 0.15) is 31.1 Å². The molecule has 0 spiro atoms. The molecule has 2 rings (SSSR count). The van der Waals surface area contributed by atoms with E-state index in [0.717, 1.165) is 6.42 Å². The number of nitrogens with two attached hydrogens (primary N) is 1. The van der Waals surface area contributed by atoms with Crippen molar-refractivity contribution < 1.29 is 20.1 Å². The Kier molecular flexibility index (Phi) is 5.29. The Morgan fingerprint density at radius 3 is 2.81 bits per heavy atom. The molecule has 8 heteroatoms. The summed E-state index contributed by atoms with van der Waals surface area (Å²) in [6.45, 7) is -0.207. The van der Waals surface area contributed by atoms with E-state index in [4.69, 9.17) is 20.7 Å². The number of aryl methyl sites for hydroxylation is 1. The van der Waals surface area contributed by atoms with Crippen LogP contribution in [-0.2, 0) is 11.2 Å². The largest absolute Gasteiger partial charge is 0.396 e. The molecule has 2 heterocycles. The van der Waals surface area contributed by atoms with E-state index >= 15 is 0 Å². The molecule has 1 aliphatic heterocycles. The van der Waals surface area contributed by atoms with Gasteiger partial charge in [0.05, 0.1) is 12.7 Å². The van der Waals surface area contributed by atoms with E-state index in [1.807, 2.05) is 0 Å². The zero-order valence-electron chi connectivity index (χ0n) is 11.7. The van der Waals surface area contributed by atoms with E-state index in [0.29, 0.717) is 18.4 Å². The number of aliphatic hydroxyl groups excluding tert-OH is 3. The quantitative estimate of drug-likeness (QED) is 0.484. The van der Waals surface area contributed by atoms with Crippen LogP contribution in [0.3, 0.4) is 0 Å². The Bertz CT molecular complexity index is 533. The van der Waals surface area contributed by atoms with Gasteiger partial charge in [0, 0.05) is 24.8 Å². The fraction of sp³-hybridized carbons (Fsp3) is 0.692. The number of hydrogen-bond acceptors (Lipinski definition) is 7. The molecule has 1 saturated heterocycles. The fourth-order valence-corrected chi connectivity index (χ4v) is 2.40. The van der Waals surface area contributed by atoms with Gasteiger partial charge in [0.2, 0.25) is 0 Å². The molecule has 1 aliphatic rings. The summed E-state index contributed by atoms with van der Waals surface area (Å²) in [5.41, 5.74) is 5.89. The first-order chi connectivity index (χ1) is 10.1. The van der Waals surface area contributed by atoms with Crippen molar-refractivity contribution in [1.82, 2.24) is 9.55 Å². The van der Waals surface area contributed by atoms with Gasteiger partial charge < -0.3 is 25.8 Å². The molecule has 5 N–H and O–H groups in total. The van der Waals surface area contributed by atoms with Gasteiger partial charge in [-0.2, -0.15) is 4.98 Å². The summed E-state index contributed by atoms with van der Waals surface area (Å²) < 4.78 is 6.75. The van der Waals surface area contributed by atoms with Crippen molar-refractivity contribution >= 4 is 5.82 Å². The van der Waals surface area contributed by atoms with E-state index in [-0.39, 0.29) is 25.5 Å². The number of anilines is 1. The third kappa shape index (κ3) is 3.59. The van der Waals surface area contributed by atoms with Crippen molar-refractivity contribution in [2.45, 2.75) is 44.1 Å². The molecule has 0 aromatic carbocycles. The standard InChI is InChI=1S/C13H21N3O5/c14-12-8(3-1-2-4-17)6-16(13(20)15-12)11-5-9(19)10(7-18)21-11/h6,9-11,17-19H,1-5,7H2,(H2,14,15,20)/t9-,10+,11+/m0/s1. The lowest BCUT2D eigenvalue weighted by Gasteiger charge is -2.16. The molecular weight excluding hydrogens is 278 g/mol. The average Bonchev–Trinajstić information content (AvgIpc) is 2.82. The molecule has 0 saturated carbocycles. The molecule has 0 amide bonds. The third-order valence-corrected chi connectivity index (χ3v) is 3.61. The highest BCUT2D eigenvalue weighted by atomic mass is 16.5. The average molecular weight is 299 g/mol. The van der Waals surface area contributed by atoms with Gasteiger partial charge in [0.1, 0.15) is 18.1 Å². The lowest BCUT2D eigenvalue weighted by molar-refractivity contribution is -0.0459. The van der Waals surface area contributed by atoms with Crippen LogP contribution in [0.2, 0.25) is 0 Å². The smallest absolute Gasteiger partial charge is 0.351 e. The van der Waals surface area contributed by atoms with Gasteiger partial charge in [-0.1, -0.05) is 0 Å². The van der Waals surface area contributed by atoms with Crippen LogP contribution in [0.25, 0.3) is 0 Å². The minimum absolute atomic E-state index is 0.100. The number of ether oxygens (including phenoxy) is 1. The maximum absolute atomic E-state index is 11.9. The van der Waals surface area contributed by atoms with E-state index < -0.39 is 24.1 Å². The topological polar surface area (TPSA) is 131 Å². The summed E-state index contributed by atoms with van der Waals surface area (Å²) in [6, 6.07) is 0. The zero-order chi connectivity index (χ0) is 15.4. The molecule has 0 bridgehead atoms. The third-order valence-electron chi connectivity index (χ3n) is 3.61. The molecule has 0 aliphatic carbocycles. The molecule has 1 aromatic rings. The van der Waals surface area contributed by atoms with Crippen LogP contribution in [-0.4, -0.2) is 50.3 Å². The van der Waals surface area contributed by atoms with Gasteiger partial charge in [-0.25, -0.2) is 4.79 Å². The monoisotopic (exact) mass is 299 g/mol. The summed E-state index contributed by atoms with van der Waals surface area (Å²) in [6.07, 6.45) is 1.59. The minimum atomic E-state index is -0.817. The summed E-state index contributed by atoms with van der Waals surface area (Å²) in [5, 5.41) is 27.6. The second-order valence-electron chi connectivity index (χ2n) is 5.14. The van der Waals surface area contributed by atoms with Crippen LogP contribution < -0.4 is 11.4 Å².